The summed E-state index contributed by atoms with van der Waals surface area (Å²) in [6, 6.07) is 7.74. The van der Waals surface area contributed by atoms with Gasteiger partial charge in [0.25, 0.3) is 17.5 Å². The monoisotopic (exact) mass is 480 g/mol. The number of likely N-dealkylation sites (tertiary alicyclic amines) is 1. The van der Waals surface area contributed by atoms with Crippen LogP contribution in [0.3, 0.4) is 0 Å². The van der Waals surface area contributed by atoms with Gasteiger partial charge in [0.15, 0.2) is 0 Å². The second-order valence-electron chi connectivity index (χ2n) is 8.73. The number of nitrogens with zero attached hydrogens (tertiary/aromatic N) is 5. The van der Waals surface area contributed by atoms with Crippen molar-refractivity contribution in [2.45, 2.75) is 25.8 Å². The van der Waals surface area contributed by atoms with Crippen molar-refractivity contribution >= 4 is 29.1 Å². The summed E-state index contributed by atoms with van der Waals surface area (Å²) in [7, 11) is 0. The second-order valence-corrected chi connectivity index (χ2v) is 8.73. The van der Waals surface area contributed by atoms with Crippen molar-refractivity contribution in [3.63, 3.8) is 0 Å². The SMILES string of the molecule is CC(=O)N1CCN(c2ccc(C(=O)NC3CCN(C(=O)c4ccncc4)CC3)cc2[N+](=O)[O-])CC1. The predicted molar refractivity (Wildman–Crippen MR) is 128 cm³/mol. The van der Waals surface area contributed by atoms with E-state index in [-0.39, 0.29) is 35.0 Å². The number of nitro groups is 1. The van der Waals surface area contributed by atoms with Crippen LogP contribution in [0.15, 0.2) is 42.7 Å². The molecule has 1 aromatic heterocycles. The lowest BCUT2D eigenvalue weighted by Gasteiger charge is -2.35. The Hall–Kier alpha value is -4.02. The van der Waals surface area contributed by atoms with Gasteiger partial charge in [-0.2, -0.15) is 0 Å². The average Bonchev–Trinajstić information content (AvgIpc) is 2.89. The van der Waals surface area contributed by atoms with Crippen molar-refractivity contribution < 1.29 is 19.3 Å². The molecule has 184 valence electrons. The fraction of sp³-hybridized carbons (Fsp3) is 0.417. The van der Waals surface area contributed by atoms with E-state index in [1.165, 1.54) is 13.0 Å². The molecule has 35 heavy (non-hydrogen) atoms. The van der Waals surface area contributed by atoms with Crippen molar-refractivity contribution in [3.05, 3.63) is 64.0 Å². The van der Waals surface area contributed by atoms with Gasteiger partial charge in [0.05, 0.1) is 4.92 Å². The van der Waals surface area contributed by atoms with Crippen molar-refractivity contribution in [2.75, 3.05) is 44.2 Å². The van der Waals surface area contributed by atoms with Crippen molar-refractivity contribution in [3.8, 4) is 0 Å². The van der Waals surface area contributed by atoms with Gasteiger partial charge in [0.2, 0.25) is 5.91 Å². The Morgan fingerprint density at radius 3 is 2.20 bits per heavy atom. The molecule has 4 rings (SSSR count). The summed E-state index contributed by atoms with van der Waals surface area (Å²) in [5.41, 5.74) is 1.11. The number of amides is 3. The summed E-state index contributed by atoms with van der Waals surface area (Å²) < 4.78 is 0. The Labute approximate surface area is 202 Å². The van der Waals surface area contributed by atoms with Gasteiger partial charge in [0.1, 0.15) is 5.69 Å². The largest absolute Gasteiger partial charge is 0.362 e. The first-order chi connectivity index (χ1) is 16.8. The minimum atomic E-state index is -0.480. The van der Waals surface area contributed by atoms with Crippen LogP contribution in [0.5, 0.6) is 0 Å². The lowest BCUT2D eigenvalue weighted by Crippen LogP contribution is -2.48. The maximum Gasteiger partial charge on any atom is 0.293 e. The normalized spacial score (nSPS) is 16.7. The molecule has 2 aromatic rings. The van der Waals surface area contributed by atoms with Gasteiger partial charge in [-0.15, -0.1) is 0 Å². The van der Waals surface area contributed by atoms with E-state index in [9.17, 15) is 24.5 Å². The number of carbonyl (C=O) groups is 3. The summed E-state index contributed by atoms with van der Waals surface area (Å²) in [5.74, 6) is -0.453. The molecule has 3 amide bonds. The van der Waals surface area contributed by atoms with Crippen LogP contribution < -0.4 is 10.2 Å². The highest BCUT2D eigenvalue weighted by Crippen LogP contribution is 2.30. The molecule has 0 atom stereocenters. The number of nitrogens with one attached hydrogen (secondary N) is 1. The van der Waals surface area contributed by atoms with E-state index in [1.54, 1.807) is 46.5 Å². The van der Waals surface area contributed by atoms with Gasteiger partial charge in [-0.25, -0.2) is 0 Å². The number of rotatable bonds is 5. The Bertz CT molecular complexity index is 1110. The molecule has 11 heteroatoms. The van der Waals surface area contributed by atoms with Crippen LogP contribution in [-0.4, -0.2) is 82.7 Å². The molecule has 2 saturated heterocycles. The summed E-state index contributed by atoms with van der Waals surface area (Å²) in [6.07, 6.45) is 4.36. The predicted octanol–water partition coefficient (Wildman–Crippen LogP) is 1.69. The topological polar surface area (TPSA) is 129 Å². The first kappa shape index (κ1) is 24.1. The molecule has 2 fully saturated rings. The summed E-state index contributed by atoms with van der Waals surface area (Å²) >= 11 is 0. The smallest absolute Gasteiger partial charge is 0.293 e. The molecule has 2 aliphatic rings. The summed E-state index contributed by atoms with van der Waals surface area (Å²) in [5, 5.41) is 14.7. The van der Waals surface area contributed by atoms with E-state index < -0.39 is 4.92 Å². The highest BCUT2D eigenvalue weighted by atomic mass is 16.6. The number of aromatic nitrogens is 1. The van der Waals surface area contributed by atoms with Gasteiger partial charge in [-0.3, -0.25) is 29.5 Å². The van der Waals surface area contributed by atoms with Crippen LogP contribution in [0.25, 0.3) is 0 Å². The molecular formula is C24H28N6O5. The molecule has 1 N–H and O–H groups in total. The summed E-state index contributed by atoms with van der Waals surface area (Å²) in [6.45, 7) is 4.50. The minimum Gasteiger partial charge on any atom is -0.362 e. The van der Waals surface area contributed by atoms with E-state index in [1.807, 2.05) is 4.90 Å². The molecular weight excluding hydrogens is 452 g/mol. The van der Waals surface area contributed by atoms with Crippen LogP contribution in [-0.2, 0) is 4.79 Å². The molecule has 0 radical (unpaired) electrons. The maximum absolute atomic E-state index is 12.9. The molecule has 1 aromatic carbocycles. The fourth-order valence-electron chi connectivity index (χ4n) is 4.51. The van der Waals surface area contributed by atoms with Crippen molar-refractivity contribution in [2.24, 2.45) is 0 Å². The molecule has 0 spiro atoms. The number of benzene rings is 1. The van der Waals surface area contributed by atoms with Crippen molar-refractivity contribution in [1.82, 2.24) is 20.1 Å². The third kappa shape index (κ3) is 5.56. The van der Waals surface area contributed by atoms with Gasteiger partial charge >= 0.3 is 0 Å². The molecule has 0 unspecified atom stereocenters. The number of anilines is 1. The number of carbonyl (C=O) groups excluding carboxylic acids is 3. The van der Waals surface area contributed by atoms with E-state index in [2.05, 4.69) is 10.3 Å². The Balaban J connectivity index is 1.37. The first-order valence-electron chi connectivity index (χ1n) is 11.6. The van der Waals surface area contributed by atoms with Crippen LogP contribution in [0.4, 0.5) is 11.4 Å². The fourth-order valence-corrected chi connectivity index (χ4v) is 4.51. The zero-order valence-corrected chi connectivity index (χ0v) is 19.6. The highest BCUT2D eigenvalue weighted by molar-refractivity contribution is 5.96. The Kier molecular flexibility index (Phi) is 7.23. The van der Waals surface area contributed by atoms with Gasteiger partial charge in [-0.1, -0.05) is 0 Å². The quantitative estimate of drug-likeness (QED) is 0.509. The van der Waals surface area contributed by atoms with Gasteiger partial charge in [0, 0.05) is 81.8 Å². The zero-order valence-electron chi connectivity index (χ0n) is 19.6. The number of piperidine rings is 1. The molecule has 3 heterocycles. The lowest BCUT2D eigenvalue weighted by molar-refractivity contribution is -0.384. The number of pyridine rings is 1. The standard InChI is InChI=1S/C24H28N6O5/c1-17(31)27-12-14-28(15-13-27)21-3-2-19(16-22(21)30(34)35)23(32)26-20-6-10-29(11-7-20)24(33)18-4-8-25-9-5-18/h2-5,8-9,16,20H,6-7,10-15H2,1H3,(H,26,32). The number of nitro benzene ring substituents is 1. The molecule has 0 aliphatic carbocycles. The highest BCUT2D eigenvalue weighted by Gasteiger charge is 2.28. The maximum atomic E-state index is 12.9. The minimum absolute atomic E-state index is 0.0151. The number of piperazine rings is 1. The van der Waals surface area contributed by atoms with Crippen molar-refractivity contribution in [1.29, 1.82) is 0 Å². The Morgan fingerprint density at radius 2 is 1.60 bits per heavy atom. The number of hydrogen-bond acceptors (Lipinski definition) is 7. The van der Waals surface area contributed by atoms with Crippen LogP contribution in [0.1, 0.15) is 40.5 Å². The van der Waals surface area contributed by atoms with Crippen LogP contribution >= 0.6 is 0 Å². The Morgan fingerprint density at radius 1 is 0.943 bits per heavy atom. The molecule has 0 bridgehead atoms. The van der Waals surface area contributed by atoms with Crippen LogP contribution in [0, 0.1) is 10.1 Å². The third-order valence-corrected chi connectivity index (χ3v) is 6.54. The summed E-state index contributed by atoms with van der Waals surface area (Å²) in [4.78, 5) is 57.5. The molecule has 2 aliphatic heterocycles. The van der Waals surface area contributed by atoms with E-state index in [0.29, 0.717) is 63.4 Å². The van der Waals surface area contributed by atoms with E-state index in [0.717, 1.165) is 0 Å². The van der Waals surface area contributed by atoms with Crippen LogP contribution in [0.2, 0.25) is 0 Å². The molecule has 0 saturated carbocycles. The first-order valence-corrected chi connectivity index (χ1v) is 11.6. The zero-order chi connectivity index (χ0) is 24.9. The van der Waals surface area contributed by atoms with E-state index >= 15 is 0 Å². The van der Waals surface area contributed by atoms with Gasteiger partial charge < -0.3 is 20.0 Å². The third-order valence-electron chi connectivity index (χ3n) is 6.54. The average molecular weight is 481 g/mol. The second kappa shape index (κ2) is 10.5. The lowest BCUT2D eigenvalue weighted by atomic mass is 10.0. The molecule has 11 nitrogen and oxygen atoms in total. The van der Waals surface area contributed by atoms with E-state index in [4.69, 9.17) is 0 Å². The van der Waals surface area contributed by atoms with Gasteiger partial charge in [-0.05, 0) is 37.1 Å². The number of hydrogen-bond donors (Lipinski definition) is 1.